The van der Waals surface area contributed by atoms with E-state index in [1.165, 1.54) is 10.7 Å². The summed E-state index contributed by atoms with van der Waals surface area (Å²) in [4.78, 5) is 6.29. The van der Waals surface area contributed by atoms with E-state index >= 15 is 4.39 Å². The number of benzene rings is 1. The number of nitrogen functional groups attached to an aromatic ring is 1. The molecule has 1 aromatic carbocycles. The van der Waals surface area contributed by atoms with Crippen LogP contribution in [0.2, 0.25) is 0 Å². The summed E-state index contributed by atoms with van der Waals surface area (Å²) in [5.41, 5.74) is 9.17. The third-order valence-corrected chi connectivity index (χ3v) is 5.17. The number of nitrogens with zero attached hydrogens (tertiary/aromatic N) is 8. The van der Waals surface area contributed by atoms with Crippen LogP contribution in [-0.2, 0) is 6.54 Å². The van der Waals surface area contributed by atoms with Crippen molar-refractivity contribution >= 4 is 5.82 Å². The van der Waals surface area contributed by atoms with E-state index in [0.717, 1.165) is 24.2 Å². The van der Waals surface area contributed by atoms with Gasteiger partial charge in [0.2, 0.25) is 0 Å². The number of anilines is 1. The van der Waals surface area contributed by atoms with Crippen molar-refractivity contribution in [3.05, 3.63) is 48.2 Å². The topological polar surface area (TPSA) is 113 Å². The molecule has 172 valence electrons. The van der Waals surface area contributed by atoms with Gasteiger partial charge in [0.05, 0.1) is 11.8 Å². The maximum Gasteiger partial charge on any atom is 0.190 e. The molecule has 4 rings (SSSR count). The number of halogens is 1. The van der Waals surface area contributed by atoms with Crippen molar-refractivity contribution in [3.63, 3.8) is 0 Å². The third-order valence-electron chi connectivity index (χ3n) is 5.17. The van der Waals surface area contributed by atoms with Gasteiger partial charge in [-0.2, -0.15) is 9.78 Å². The lowest BCUT2D eigenvalue weighted by atomic mass is 10.1. The van der Waals surface area contributed by atoms with Gasteiger partial charge in [-0.15, -0.1) is 5.10 Å². The van der Waals surface area contributed by atoms with E-state index in [-0.39, 0.29) is 17.3 Å². The Labute approximate surface area is 190 Å². The zero-order valence-corrected chi connectivity index (χ0v) is 19.0. The second-order valence-electron chi connectivity index (χ2n) is 7.88. The standard InChI is InChI=1S/C22H26FN9O/c1-5-31-13-16(12-26-31)15-9-18(21(24)25-11-15)22-27-28-29-32(22)20-14(2)8-17(10-19(20)23)33-7-6-30(3)4/h8-13H,5-7H2,1-4H3,(H2,24,25). The van der Waals surface area contributed by atoms with Gasteiger partial charge in [0.15, 0.2) is 11.6 Å². The molecule has 2 N–H and O–H groups in total. The molecule has 3 heterocycles. The van der Waals surface area contributed by atoms with Crippen molar-refractivity contribution in [2.24, 2.45) is 0 Å². The van der Waals surface area contributed by atoms with Gasteiger partial charge in [-0.3, -0.25) is 4.68 Å². The zero-order chi connectivity index (χ0) is 23.5. The van der Waals surface area contributed by atoms with Gasteiger partial charge in [-0.25, -0.2) is 9.37 Å². The number of aryl methyl sites for hydroxylation is 2. The number of hydrogen-bond donors (Lipinski definition) is 1. The van der Waals surface area contributed by atoms with Gasteiger partial charge >= 0.3 is 0 Å². The largest absolute Gasteiger partial charge is 0.492 e. The van der Waals surface area contributed by atoms with Gasteiger partial charge in [0, 0.05) is 42.7 Å². The fourth-order valence-corrected chi connectivity index (χ4v) is 3.41. The van der Waals surface area contributed by atoms with Crippen LogP contribution in [0.4, 0.5) is 10.2 Å². The highest BCUT2D eigenvalue weighted by atomic mass is 19.1. The fraction of sp³-hybridized carbons (Fsp3) is 0.318. The molecule has 0 atom stereocenters. The second-order valence-corrected chi connectivity index (χ2v) is 7.88. The Bertz CT molecular complexity index is 1240. The van der Waals surface area contributed by atoms with E-state index in [1.54, 1.807) is 25.4 Å². The van der Waals surface area contributed by atoms with E-state index in [4.69, 9.17) is 10.5 Å². The van der Waals surface area contributed by atoms with E-state index in [9.17, 15) is 0 Å². The molecule has 0 saturated heterocycles. The van der Waals surface area contributed by atoms with Crippen LogP contribution in [0.5, 0.6) is 5.75 Å². The van der Waals surface area contributed by atoms with Crippen LogP contribution in [-0.4, -0.2) is 67.1 Å². The van der Waals surface area contributed by atoms with Crippen molar-refractivity contribution in [1.82, 2.24) is 39.9 Å². The SMILES string of the molecule is CCn1cc(-c2cnc(N)c(-c3nnnn3-c3c(C)cc(OCCN(C)C)cc3F)c2)cn1. The highest BCUT2D eigenvalue weighted by molar-refractivity contribution is 5.76. The average Bonchev–Trinajstić information content (AvgIpc) is 3.43. The molecule has 10 nitrogen and oxygen atoms in total. The summed E-state index contributed by atoms with van der Waals surface area (Å²) in [7, 11) is 3.89. The maximum atomic E-state index is 15.2. The van der Waals surface area contributed by atoms with Gasteiger partial charge < -0.3 is 15.4 Å². The minimum absolute atomic E-state index is 0.221. The summed E-state index contributed by atoms with van der Waals surface area (Å²) in [6, 6.07) is 4.92. The first-order valence-corrected chi connectivity index (χ1v) is 10.5. The Balaban J connectivity index is 1.71. The number of aromatic nitrogens is 7. The predicted octanol–water partition coefficient (Wildman–Crippen LogP) is 2.58. The van der Waals surface area contributed by atoms with Crippen LogP contribution in [0.15, 0.2) is 36.8 Å². The van der Waals surface area contributed by atoms with E-state index < -0.39 is 5.82 Å². The zero-order valence-electron chi connectivity index (χ0n) is 19.0. The summed E-state index contributed by atoms with van der Waals surface area (Å²) in [6.45, 7) is 5.71. The van der Waals surface area contributed by atoms with Crippen LogP contribution >= 0.6 is 0 Å². The summed E-state index contributed by atoms with van der Waals surface area (Å²) in [6.07, 6.45) is 5.33. The van der Waals surface area contributed by atoms with Crippen LogP contribution in [0.1, 0.15) is 12.5 Å². The molecule has 0 saturated carbocycles. The summed E-state index contributed by atoms with van der Waals surface area (Å²) in [5.74, 6) is 0.462. The molecule has 0 amide bonds. The minimum Gasteiger partial charge on any atom is -0.492 e. The smallest absolute Gasteiger partial charge is 0.190 e. The summed E-state index contributed by atoms with van der Waals surface area (Å²) >= 11 is 0. The number of ether oxygens (including phenoxy) is 1. The van der Waals surface area contributed by atoms with Gasteiger partial charge in [-0.05, 0) is 56.1 Å². The summed E-state index contributed by atoms with van der Waals surface area (Å²) < 4.78 is 24.0. The number of nitrogens with two attached hydrogens (primary N) is 1. The highest BCUT2D eigenvalue weighted by Crippen LogP contribution is 2.31. The Kier molecular flexibility index (Phi) is 6.31. The molecule has 0 unspecified atom stereocenters. The molecule has 0 aliphatic carbocycles. The predicted molar refractivity (Wildman–Crippen MR) is 122 cm³/mol. The van der Waals surface area contributed by atoms with E-state index in [0.29, 0.717) is 23.5 Å². The fourth-order valence-electron chi connectivity index (χ4n) is 3.41. The highest BCUT2D eigenvalue weighted by Gasteiger charge is 2.20. The van der Waals surface area contributed by atoms with Gasteiger partial charge in [0.25, 0.3) is 0 Å². The van der Waals surface area contributed by atoms with Crippen LogP contribution in [0.3, 0.4) is 0 Å². The molecule has 33 heavy (non-hydrogen) atoms. The molecule has 0 fully saturated rings. The second kappa shape index (κ2) is 9.33. The Morgan fingerprint density at radius 2 is 1.97 bits per heavy atom. The van der Waals surface area contributed by atoms with Crippen LogP contribution in [0, 0.1) is 12.7 Å². The van der Waals surface area contributed by atoms with Crippen molar-refractivity contribution in [1.29, 1.82) is 0 Å². The molecular formula is C22H26FN9O. The quantitative estimate of drug-likeness (QED) is 0.435. The van der Waals surface area contributed by atoms with Crippen molar-refractivity contribution in [2.45, 2.75) is 20.4 Å². The first-order chi connectivity index (χ1) is 15.9. The molecule has 3 aromatic heterocycles. The molecule has 11 heteroatoms. The van der Waals surface area contributed by atoms with Gasteiger partial charge in [0.1, 0.15) is 23.9 Å². The van der Waals surface area contributed by atoms with Crippen molar-refractivity contribution < 1.29 is 9.13 Å². The Morgan fingerprint density at radius 3 is 2.67 bits per heavy atom. The number of hydrogen-bond acceptors (Lipinski definition) is 8. The van der Waals surface area contributed by atoms with Crippen LogP contribution in [0.25, 0.3) is 28.2 Å². The Hall–Kier alpha value is -3.86. The monoisotopic (exact) mass is 451 g/mol. The lowest BCUT2D eigenvalue weighted by Crippen LogP contribution is -2.19. The first-order valence-electron chi connectivity index (χ1n) is 10.5. The molecular weight excluding hydrogens is 425 g/mol. The van der Waals surface area contributed by atoms with Gasteiger partial charge in [-0.1, -0.05) is 0 Å². The third kappa shape index (κ3) is 4.67. The van der Waals surface area contributed by atoms with Crippen molar-refractivity contribution in [2.75, 3.05) is 33.0 Å². The average molecular weight is 452 g/mol. The molecule has 4 aromatic rings. The number of likely N-dealkylation sites (N-methyl/N-ethyl adjacent to an activating group) is 1. The minimum atomic E-state index is -0.504. The number of rotatable bonds is 8. The number of pyridine rings is 1. The molecule has 0 aliphatic rings. The van der Waals surface area contributed by atoms with E-state index in [1.807, 2.05) is 42.9 Å². The number of tetrazole rings is 1. The maximum absolute atomic E-state index is 15.2. The normalized spacial score (nSPS) is 11.3. The first kappa shape index (κ1) is 22.3. The lowest BCUT2D eigenvalue weighted by molar-refractivity contribution is 0.260. The van der Waals surface area contributed by atoms with Crippen LogP contribution < -0.4 is 10.5 Å². The summed E-state index contributed by atoms with van der Waals surface area (Å²) in [5, 5.41) is 16.2. The van der Waals surface area contributed by atoms with Crippen molar-refractivity contribution in [3.8, 4) is 34.0 Å². The molecule has 0 bridgehead atoms. The lowest BCUT2D eigenvalue weighted by Gasteiger charge is -2.14. The van der Waals surface area contributed by atoms with E-state index in [2.05, 4.69) is 25.6 Å². The molecule has 0 aliphatic heterocycles. The molecule has 0 spiro atoms. The molecule has 0 radical (unpaired) electrons. The Morgan fingerprint density at radius 1 is 1.15 bits per heavy atom.